The van der Waals surface area contributed by atoms with Crippen LogP contribution in [0, 0.1) is 0 Å². The number of ketones is 1. The van der Waals surface area contributed by atoms with Crippen molar-refractivity contribution in [1.29, 1.82) is 0 Å². The van der Waals surface area contributed by atoms with Gasteiger partial charge in [0.05, 0.1) is 0 Å². The lowest BCUT2D eigenvalue weighted by atomic mass is 9.95. The lowest BCUT2D eigenvalue weighted by Crippen LogP contribution is -2.55. The third kappa shape index (κ3) is 4.81. The van der Waals surface area contributed by atoms with Crippen LogP contribution in [0.3, 0.4) is 0 Å². The van der Waals surface area contributed by atoms with E-state index in [1.165, 1.54) is 6.92 Å². The zero-order valence-corrected chi connectivity index (χ0v) is 19.9. The second-order valence-electron chi connectivity index (χ2n) is 9.01. The second-order valence-corrected chi connectivity index (χ2v) is 9.01. The van der Waals surface area contributed by atoms with Gasteiger partial charge >= 0.3 is 0 Å². The molecule has 0 radical (unpaired) electrons. The molecule has 1 unspecified atom stereocenters. The second kappa shape index (κ2) is 9.67. The maximum atomic E-state index is 13.2. The van der Waals surface area contributed by atoms with Crippen molar-refractivity contribution in [3.8, 4) is 0 Å². The topological polar surface area (TPSA) is 66.9 Å². The fourth-order valence-corrected chi connectivity index (χ4v) is 4.64. The molecule has 0 saturated carbocycles. The molecular formula is C28H30N2O4. The van der Waals surface area contributed by atoms with Gasteiger partial charge in [-0.1, -0.05) is 60.7 Å². The van der Waals surface area contributed by atoms with Crippen molar-refractivity contribution in [3.05, 3.63) is 89.2 Å². The highest BCUT2D eigenvalue weighted by Crippen LogP contribution is 2.35. The Balaban J connectivity index is 1.44. The summed E-state index contributed by atoms with van der Waals surface area (Å²) in [5.41, 5.74) is 2.34. The first-order valence-corrected chi connectivity index (χ1v) is 11.6. The molecule has 1 atom stereocenters. The maximum absolute atomic E-state index is 13.2. The number of nitrogens with zero attached hydrogens (tertiary/aromatic N) is 2. The van der Waals surface area contributed by atoms with E-state index in [1.807, 2.05) is 60.7 Å². The van der Waals surface area contributed by atoms with Gasteiger partial charge in [0.1, 0.15) is 5.76 Å². The number of rotatable bonds is 5. The molecule has 176 valence electrons. The minimum absolute atomic E-state index is 0.0659. The first-order chi connectivity index (χ1) is 16.3. The van der Waals surface area contributed by atoms with Crippen molar-refractivity contribution >= 4 is 23.2 Å². The van der Waals surface area contributed by atoms with E-state index in [9.17, 15) is 14.4 Å². The lowest BCUT2D eigenvalue weighted by Gasteiger charge is -2.38. The van der Waals surface area contributed by atoms with Crippen molar-refractivity contribution in [2.24, 2.45) is 0 Å². The Morgan fingerprint density at radius 3 is 1.82 bits per heavy atom. The van der Waals surface area contributed by atoms with Crippen LogP contribution in [0.2, 0.25) is 0 Å². The van der Waals surface area contributed by atoms with Crippen molar-refractivity contribution in [1.82, 2.24) is 9.80 Å². The van der Waals surface area contributed by atoms with Crippen molar-refractivity contribution in [2.75, 3.05) is 26.2 Å². The van der Waals surface area contributed by atoms with Crippen LogP contribution in [0.15, 0.2) is 78.1 Å². The molecule has 34 heavy (non-hydrogen) atoms. The number of amides is 2. The summed E-state index contributed by atoms with van der Waals surface area (Å²) in [7, 11) is 0. The number of hydrogen-bond donors (Lipinski definition) is 0. The summed E-state index contributed by atoms with van der Waals surface area (Å²) in [5.74, 6) is 0.245. The molecule has 1 fully saturated rings. The molecular weight excluding hydrogens is 428 g/mol. The normalized spacial score (nSPS) is 20.1. The standard InChI is InChI=1S/C28H30N2O4/c1-20(31)25-19-28(3,34-21(25)2)27(33)30-16-14-29(15-17-30)26(32)18-24(22-10-6-4-7-11-22)23-12-8-5-9-13-23/h4-13,18H,14-17,19H2,1-3H3. The Labute approximate surface area is 200 Å². The Morgan fingerprint density at radius 2 is 1.35 bits per heavy atom. The lowest BCUT2D eigenvalue weighted by molar-refractivity contribution is -0.152. The molecule has 0 bridgehead atoms. The number of Topliss-reactive ketones (excluding diaryl/α,β-unsaturated/α-hetero) is 1. The fraction of sp³-hybridized carbons (Fsp3) is 0.321. The molecule has 0 N–H and O–H groups in total. The summed E-state index contributed by atoms with van der Waals surface area (Å²) in [5, 5.41) is 0. The van der Waals surface area contributed by atoms with Crippen LogP contribution in [0.25, 0.3) is 5.57 Å². The third-order valence-corrected chi connectivity index (χ3v) is 6.51. The summed E-state index contributed by atoms with van der Waals surface area (Å²) in [6, 6.07) is 19.7. The molecule has 2 heterocycles. The van der Waals surface area contributed by atoms with Gasteiger partial charge in [0.2, 0.25) is 5.91 Å². The summed E-state index contributed by atoms with van der Waals surface area (Å²) in [6.07, 6.45) is 1.97. The monoisotopic (exact) mass is 458 g/mol. The molecule has 0 spiro atoms. The number of ether oxygens (including phenoxy) is 1. The SMILES string of the molecule is CC(=O)C1=C(C)OC(C)(C(=O)N2CCN(C(=O)C=C(c3ccccc3)c3ccccc3)CC2)C1. The Morgan fingerprint density at radius 1 is 0.853 bits per heavy atom. The molecule has 2 aliphatic rings. The van der Waals surface area contributed by atoms with Crippen molar-refractivity contribution < 1.29 is 19.1 Å². The molecule has 1 saturated heterocycles. The van der Waals surface area contributed by atoms with E-state index in [4.69, 9.17) is 4.74 Å². The van der Waals surface area contributed by atoms with Gasteiger partial charge in [0.15, 0.2) is 11.4 Å². The molecule has 4 rings (SSSR count). The average molecular weight is 459 g/mol. The molecule has 6 heteroatoms. The zero-order chi connectivity index (χ0) is 24.3. The quantitative estimate of drug-likeness (QED) is 0.639. The average Bonchev–Trinajstić information content (AvgIpc) is 3.18. The number of carbonyl (C=O) groups is 3. The van der Waals surface area contributed by atoms with E-state index in [1.54, 1.807) is 29.7 Å². The van der Waals surface area contributed by atoms with Crippen LogP contribution in [0.5, 0.6) is 0 Å². The van der Waals surface area contributed by atoms with Crippen LogP contribution in [-0.2, 0) is 19.1 Å². The zero-order valence-electron chi connectivity index (χ0n) is 19.9. The summed E-state index contributed by atoms with van der Waals surface area (Å²) < 4.78 is 5.84. The van der Waals surface area contributed by atoms with Crippen molar-refractivity contribution in [2.45, 2.75) is 32.8 Å². The molecule has 6 nitrogen and oxygen atoms in total. The van der Waals surface area contributed by atoms with Crippen LogP contribution in [-0.4, -0.2) is 59.2 Å². The molecule has 0 aliphatic carbocycles. The Kier molecular flexibility index (Phi) is 6.68. The highest BCUT2D eigenvalue weighted by atomic mass is 16.5. The highest BCUT2D eigenvalue weighted by molar-refractivity contribution is 5.99. The largest absolute Gasteiger partial charge is 0.482 e. The summed E-state index contributed by atoms with van der Waals surface area (Å²) in [4.78, 5) is 41.7. The van der Waals surface area contributed by atoms with Crippen LogP contribution in [0.1, 0.15) is 38.3 Å². The van der Waals surface area contributed by atoms with Crippen LogP contribution < -0.4 is 0 Å². The highest BCUT2D eigenvalue weighted by Gasteiger charge is 2.45. The van der Waals surface area contributed by atoms with Gasteiger partial charge in [-0.15, -0.1) is 0 Å². The molecule has 2 amide bonds. The van der Waals surface area contributed by atoms with Gasteiger partial charge in [-0.05, 0) is 37.5 Å². The number of piperazine rings is 1. The molecule has 2 aromatic carbocycles. The van der Waals surface area contributed by atoms with E-state index in [2.05, 4.69) is 0 Å². The predicted octanol–water partition coefficient (Wildman–Crippen LogP) is 3.83. The predicted molar refractivity (Wildman–Crippen MR) is 131 cm³/mol. The van der Waals surface area contributed by atoms with E-state index in [0.29, 0.717) is 37.5 Å². The van der Waals surface area contributed by atoms with Gasteiger partial charge in [0.25, 0.3) is 5.91 Å². The number of allylic oxidation sites excluding steroid dienone is 1. The smallest absolute Gasteiger partial charge is 0.266 e. The van der Waals surface area contributed by atoms with Gasteiger partial charge < -0.3 is 14.5 Å². The summed E-state index contributed by atoms with van der Waals surface area (Å²) in [6.45, 7) is 6.71. The van der Waals surface area contributed by atoms with E-state index in [-0.39, 0.29) is 24.0 Å². The molecule has 0 aromatic heterocycles. The minimum atomic E-state index is -1.06. The van der Waals surface area contributed by atoms with Crippen LogP contribution >= 0.6 is 0 Å². The summed E-state index contributed by atoms with van der Waals surface area (Å²) >= 11 is 0. The van der Waals surface area contributed by atoms with E-state index >= 15 is 0 Å². The van der Waals surface area contributed by atoms with Gasteiger partial charge in [0, 0.05) is 44.2 Å². The van der Waals surface area contributed by atoms with Gasteiger partial charge in [-0.2, -0.15) is 0 Å². The number of benzene rings is 2. The Bertz CT molecular complexity index is 1100. The van der Waals surface area contributed by atoms with E-state index < -0.39 is 5.60 Å². The number of carbonyl (C=O) groups excluding carboxylic acids is 3. The Hall–Kier alpha value is -3.67. The van der Waals surface area contributed by atoms with E-state index in [0.717, 1.165) is 16.7 Å². The van der Waals surface area contributed by atoms with Crippen molar-refractivity contribution in [3.63, 3.8) is 0 Å². The van der Waals surface area contributed by atoms with Crippen LogP contribution in [0.4, 0.5) is 0 Å². The number of hydrogen-bond acceptors (Lipinski definition) is 4. The first kappa shape index (κ1) is 23.5. The third-order valence-electron chi connectivity index (χ3n) is 6.51. The first-order valence-electron chi connectivity index (χ1n) is 11.6. The maximum Gasteiger partial charge on any atom is 0.266 e. The minimum Gasteiger partial charge on any atom is -0.482 e. The molecule has 2 aliphatic heterocycles. The van der Waals surface area contributed by atoms with Gasteiger partial charge in [-0.3, -0.25) is 14.4 Å². The van der Waals surface area contributed by atoms with Gasteiger partial charge in [-0.25, -0.2) is 0 Å². The fourth-order valence-electron chi connectivity index (χ4n) is 4.64. The molecule has 2 aromatic rings.